The van der Waals surface area contributed by atoms with Crippen molar-refractivity contribution in [2.24, 2.45) is 5.41 Å². The van der Waals surface area contributed by atoms with Gasteiger partial charge in [-0.05, 0) is 37.6 Å². The van der Waals surface area contributed by atoms with Crippen LogP contribution < -0.4 is 14.8 Å². The molecule has 0 aliphatic carbocycles. The van der Waals surface area contributed by atoms with E-state index in [0.717, 1.165) is 38.3 Å². The monoisotopic (exact) mass is 324 g/mol. The summed E-state index contributed by atoms with van der Waals surface area (Å²) in [6, 6.07) is 5.49. The van der Waals surface area contributed by atoms with Gasteiger partial charge in [0.15, 0.2) is 11.5 Å². The molecular formula is C16H21ClN2O3. The van der Waals surface area contributed by atoms with Crippen LogP contribution in [-0.2, 0) is 0 Å². The maximum Gasteiger partial charge on any atom is 0.254 e. The average molecular weight is 325 g/mol. The molecule has 4 rings (SSSR count). The molecule has 0 saturated carbocycles. The minimum Gasteiger partial charge on any atom is -0.486 e. The summed E-state index contributed by atoms with van der Waals surface area (Å²) in [5, 5.41) is 3.42. The lowest BCUT2D eigenvalue weighted by atomic mass is 9.86. The summed E-state index contributed by atoms with van der Waals surface area (Å²) in [6.07, 6.45) is 2.29. The first-order chi connectivity index (χ1) is 10.3. The predicted octanol–water partition coefficient (Wildman–Crippen LogP) is 1.71. The molecule has 1 aromatic carbocycles. The Kier molecular flexibility index (Phi) is 4.19. The number of rotatable bonds is 1. The van der Waals surface area contributed by atoms with E-state index in [1.54, 1.807) is 0 Å². The van der Waals surface area contributed by atoms with Crippen LogP contribution in [-0.4, -0.2) is 50.2 Å². The van der Waals surface area contributed by atoms with Gasteiger partial charge in [-0.2, -0.15) is 0 Å². The van der Waals surface area contributed by atoms with Crippen LogP contribution in [0.3, 0.4) is 0 Å². The number of carbonyl (C=O) groups is 1. The molecule has 3 heterocycles. The molecule has 2 saturated heterocycles. The van der Waals surface area contributed by atoms with Gasteiger partial charge >= 0.3 is 0 Å². The molecule has 1 unspecified atom stereocenters. The molecule has 3 aliphatic rings. The van der Waals surface area contributed by atoms with Gasteiger partial charge in [-0.1, -0.05) is 0 Å². The molecule has 0 radical (unpaired) electrons. The minimum atomic E-state index is 0. The maximum atomic E-state index is 12.7. The molecule has 0 aromatic heterocycles. The summed E-state index contributed by atoms with van der Waals surface area (Å²) in [5.74, 6) is 1.52. The van der Waals surface area contributed by atoms with Crippen molar-refractivity contribution in [3.8, 4) is 11.5 Å². The van der Waals surface area contributed by atoms with Crippen molar-refractivity contribution in [1.82, 2.24) is 10.2 Å². The van der Waals surface area contributed by atoms with E-state index in [0.29, 0.717) is 29.9 Å². The number of carbonyl (C=O) groups excluding carboxylic acids is 1. The first-order valence-corrected chi connectivity index (χ1v) is 7.66. The van der Waals surface area contributed by atoms with Gasteiger partial charge < -0.3 is 19.7 Å². The Balaban J connectivity index is 0.00000144. The summed E-state index contributed by atoms with van der Waals surface area (Å²) in [7, 11) is 0. The Labute approximate surface area is 136 Å². The average Bonchev–Trinajstić information content (AvgIpc) is 3.17. The number of ether oxygens (including phenoxy) is 2. The van der Waals surface area contributed by atoms with E-state index in [-0.39, 0.29) is 18.3 Å². The largest absolute Gasteiger partial charge is 0.486 e. The van der Waals surface area contributed by atoms with E-state index in [9.17, 15) is 4.79 Å². The fourth-order valence-corrected chi connectivity index (χ4v) is 3.61. The van der Waals surface area contributed by atoms with Gasteiger partial charge in [0.05, 0.1) is 0 Å². The lowest BCUT2D eigenvalue weighted by Crippen LogP contribution is -2.33. The first-order valence-electron chi connectivity index (χ1n) is 7.66. The predicted molar refractivity (Wildman–Crippen MR) is 85.1 cm³/mol. The fourth-order valence-electron chi connectivity index (χ4n) is 3.61. The third kappa shape index (κ3) is 2.63. The molecule has 1 amide bonds. The standard InChI is InChI=1S/C16H20N2O3.ClH/c19-15(18-6-4-16(11-18)3-5-17-10-16)12-1-2-13-14(9-12)21-8-7-20-13;/h1-2,9,17H,3-8,10-11H2;1H. The molecular weight excluding hydrogens is 304 g/mol. The highest BCUT2D eigenvalue weighted by Crippen LogP contribution is 2.37. The number of hydrogen-bond acceptors (Lipinski definition) is 4. The smallest absolute Gasteiger partial charge is 0.254 e. The number of amides is 1. The number of hydrogen-bond donors (Lipinski definition) is 1. The summed E-state index contributed by atoms with van der Waals surface area (Å²) in [5.41, 5.74) is 1.01. The van der Waals surface area contributed by atoms with Crippen LogP contribution in [0.15, 0.2) is 18.2 Å². The van der Waals surface area contributed by atoms with Crippen LogP contribution >= 0.6 is 12.4 Å². The summed E-state index contributed by atoms with van der Waals surface area (Å²) < 4.78 is 11.1. The maximum absolute atomic E-state index is 12.7. The number of benzene rings is 1. The zero-order valence-corrected chi connectivity index (χ0v) is 13.3. The molecule has 1 atom stereocenters. The summed E-state index contributed by atoms with van der Waals surface area (Å²) in [6.45, 7) is 4.96. The third-order valence-corrected chi connectivity index (χ3v) is 4.85. The molecule has 2 fully saturated rings. The van der Waals surface area contributed by atoms with Gasteiger partial charge in [-0.25, -0.2) is 0 Å². The van der Waals surface area contributed by atoms with E-state index in [4.69, 9.17) is 9.47 Å². The van der Waals surface area contributed by atoms with Crippen molar-refractivity contribution in [2.75, 3.05) is 39.4 Å². The van der Waals surface area contributed by atoms with Gasteiger partial charge in [0.2, 0.25) is 0 Å². The van der Waals surface area contributed by atoms with E-state index in [1.807, 2.05) is 23.1 Å². The zero-order valence-electron chi connectivity index (χ0n) is 12.5. The summed E-state index contributed by atoms with van der Waals surface area (Å²) in [4.78, 5) is 14.7. The van der Waals surface area contributed by atoms with Crippen LogP contribution in [0.2, 0.25) is 0 Å². The Bertz CT molecular complexity index is 573. The van der Waals surface area contributed by atoms with Gasteiger partial charge in [0.25, 0.3) is 5.91 Å². The van der Waals surface area contributed by atoms with Crippen LogP contribution in [0.4, 0.5) is 0 Å². The Hall–Kier alpha value is -1.46. The quantitative estimate of drug-likeness (QED) is 0.854. The second-order valence-electron chi connectivity index (χ2n) is 6.26. The molecule has 1 N–H and O–H groups in total. The SMILES string of the molecule is Cl.O=C(c1ccc2c(c1)OCCO2)N1CCC2(CCNC2)C1. The van der Waals surface area contributed by atoms with Crippen LogP contribution in [0.1, 0.15) is 23.2 Å². The van der Waals surface area contributed by atoms with E-state index >= 15 is 0 Å². The van der Waals surface area contributed by atoms with Gasteiger partial charge in [-0.3, -0.25) is 4.79 Å². The van der Waals surface area contributed by atoms with Gasteiger partial charge in [0.1, 0.15) is 13.2 Å². The molecule has 5 nitrogen and oxygen atoms in total. The summed E-state index contributed by atoms with van der Waals surface area (Å²) >= 11 is 0. The Morgan fingerprint density at radius 1 is 1.18 bits per heavy atom. The number of likely N-dealkylation sites (tertiary alicyclic amines) is 1. The zero-order chi connectivity index (χ0) is 14.3. The van der Waals surface area contributed by atoms with Crippen LogP contribution in [0, 0.1) is 5.41 Å². The van der Waals surface area contributed by atoms with Crippen molar-refractivity contribution < 1.29 is 14.3 Å². The van der Waals surface area contributed by atoms with Crippen molar-refractivity contribution >= 4 is 18.3 Å². The number of nitrogens with one attached hydrogen (secondary N) is 1. The highest BCUT2D eigenvalue weighted by molar-refractivity contribution is 5.95. The fraction of sp³-hybridized carbons (Fsp3) is 0.562. The lowest BCUT2D eigenvalue weighted by Gasteiger charge is -2.23. The van der Waals surface area contributed by atoms with Crippen molar-refractivity contribution in [3.05, 3.63) is 23.8 Å². The van der Waals surface area contributed by atoms with Crippen molar-refractivity contribution in [2.45, 2.75) is 12.8 Å². The minimum absolute atomic E-state index is 0. The molecule has 3 aliphatic heterocycles. The second kappa shape index (κ2) is 5.97. The molecule has 0 bridgehead atoms. The molecule has 120 valence electrons. The number of nitrogens with zero attached hydrogens (tertiary/aromatic N) is 1. The lowest BCUT2D eigenvalue weighted by molar-refractivity contribution is 0.0774. The van der Waals surface area contributed by atoms with Crippen molar-refractivity contribution in [3.63, 3.8) is 0 Å². The topological polar surface area (TPSA) is 50.8 Å². The van der Waals surface area contributed by atoms with Crippen molar-refractivity contribution in [1.29, 1.82) is 0 Å². The van der Waals surface area contributed by atoms with E-state index in [2.05, 4.69) is 5.32 Å². The Morgan fingerprint density at radius 3 is 2.77 bits per heavy atom. The molecule has 1 spiro atoms. The van der Waals surface area contributed by atoms with Gasteiger partial charge in [0, 0.05) is 30.6 Å². The first kappa shape index (κ1) is 15.4. The van der Waals surface area contributed by atoms with E-state index in [1.165, 1.54) is 6.42 Å². The molecule has 22 heavy (non-hydrogen) atoms. The normalized spacial score (nSPS) is 26.1. The molecule has 6 heteroatoms. The number of halogens is 1. The highest BCUT2D eigenvalue weighted by atomic mass is 35.5. The van der Waals surface area contributed by atoms with Crippen LogP contribution in [0.5, 0.6) is 11.5 Å². The van der Waals surface area contributed by atoms with Gasteiger partial charge in [-0.15, -0.1) is 12.4 Å². The number of fused-ring (bicyclic) bond motifs is 1. The second-order valence-corrected chi connectivity index (χ2v) is 6.26. The Morgan fingerprint density at radius 2 is 2.00 bits per heavy atom. The molecule has 1 aromatic rings. The van der Waals surface area contributed by atoms with E-state index < -0.39 is 0 Å². The third-order valence-electron chi connectivity index (χ3n) is 4.85. The highest BCUT2D eigenvalue weighted by Gasteiger charge is 2.42. The van der Waals surface area contributed by atoms with Crippen LogP contribution in [0.25, 0.3) is 0 Å².